The van der Waals surface area contributed by atoms with Crippen LogP contribution in [-0.4, -0.2) is 16.7 Å². The Morgan fingerprint density at radius 1 is 1.53 bits per heavy atom. The monoisotopic (exact) mass is 248 g/mol. The fourth-order valence-electron chi connectivity index (χ4n) is 1.70. The third kappa shape index (κ3) is 2.19. The van der Waals surface area contributed by atoms with Gasteiger partial charge >= 0.3 is 0 Å². The van der Waals surface area contributed by atoms with Crippen LogP contribution in [-0.2, 0) is 6.00 Å². The lowest BCUT2D eigenvalue weighted by Gasteiger charge is -2.10. The van der Waals surface area contributed by atoms with Gasteiger partial charge in [0, 0.05) is 5.56 Å². The Hall–Kier alpha value is -1.74. The lowest BCUT2D eigenvalue weighted by Crippen LogP contribution is -1.95. The molecule has 0 radical (unpaired) electrons. The topological polar surface area (TPSA) is 27.1 Å². The molecule has 0 aliphatic heterocycles. The summed E-state index contributed by atoms with van der Waals surface area (Å²) < 4.78 is 7.09. The largest absolute Gasteiger partial charge is 0.497 e. The Balaban J connectivity index is 2.59. The van der Waals surface area contributed by atoms with Crippen molar-refractivity contribution < 1.29 is 4.74 Å². The number of benzene rings is 1. The van der Waals surface area contributed by atoms with Crippen molar-refractivity contribution in [1.82, 2.24) is 9.55 Å². The predicted molar refractivity (Wildman–Crippen MR) is 70.2 cm³/mol. The minimum absolute atomic E-state index is 0.364. The number of nitrogens with zero attached hydrogens (tertiary/aromatic N) is 2. The average Bonchev–Trinajstić information content (AvgIpc) is 2.86. The summed E-state index contributed by atoms with van der Waals surface area (Å²) in [5, 5.41) is 0. The van der Waals surface area contributed by atoms with Crippen molar-refractivity contribution in [2.75, 3.05) is 7.11 Å². The normalized spacial score (nSPS) is 10.2. The second-order valence-electron chi connectivity index (χ2n) is 3.53. The molecule has 0 saturated heterocycles. The Bertz CT molecular complexity index is 534. The standard InChI is InChI=1S/C13H13ClN2O/c1-3-10-4-5-11(17-2)6-12(10)13-7-15-9-16(13)8-14/h3-7,9H,1,8H2,2H3. The van der Waals surface area contributed by atoms with Crippen LogP contribution < -0.4 is 4.74 Å². The molecule has 0 atom stereocenters. The number of imidazole rings is 1. The van der Waals surface area contributed by atoms with Gasteiger partial charge in [-0.2, -0.15) is 0 Å². The maximum atomic E-state index is 5.86. The van der Waals surface area contributed by atoms with Gasteiger partial charge in [-0.3, -0.25) is 0 Å². The molecule has 0 unspecified atom stereocenters. The van der Waals surface area contributed by atoms with Gasteiger partial charge in [0.25, 0.3) is 0 Å². The van der Waals surface area contributed by atoms with Crippen LogP contribution in [0.1, 0.15) is 5.56 Å². The first-order valence-electron chi connectivity index (χ1n) is 5.17. The summed E-state index contributed by atoms with van der Waals surface area (Å²) in [5.41, 5.74) is 2.99. The van der Waals surface area contributed by atoms with E-state index in [0.29, 0.717) is 6.00 Å². The molecule has 0 aliphatic rings. The third-order valence-corrected chi connectivity index (χ3v) is 2.85. The molecule has 1 aromatic heterocycles. The van der Waals surface area contributed by atoms with Gasteiger partial charge in [-0.05, 0) is 17.7 Å². The first-order valence-corrected chi connectivity index (χ1v) is 5.70. The van der Waals surface area contributed by atoms with Crippen LogP contribution in [0.2, 0.25) is 0 Å². The molecule has 3 nitrogen and oxygen atoms in total. The number of rotatable bonds is 4. The Kier molecular flexibility index (Phi) is 3.49. The summed E-state index contributed by atoms with van der Waals surface area (Å²) in [4.78, 5) is 4.10. The van der Waals surface area contributed by atoms with E-state index in [1.165, 1.54) is 0 Å². The Morgan fingerprint density at radius 2 is 2.35 bits per heavy atom. The molecule has 0 aliphatic carbocycles. The van der Waals surface area contributed by atoms with Crippen LogP contribution in [0.15, 0.2) is 37.3 Å². The van der Waals surface area contributed by atoms with E-state index in [1.54, 1.807) is 25.7 Å². The number of alkyl halides is 1. The van der Waals surface area contributed by atoms with E-state index >= 15 is 0 Å². The van der Waals surface area contributed by atoms with Crippen molar-refractivity contribution in [1.29, 1.82) is 0 Å². The van der Waals surface area contributed by atoms with Gasteiger partial charge in [-0.25, -0.2) is 4.98 Å². The van der Waals surface area contributed by atoms with Crippen molar-refractivity contribution in [3.05, 3.63) is 42.9 Å². The molecule has 17 heavy (non-hydrogen) atoms. The summed E-state index contributed by atoms with van der Waals surface area (Å²) in [6, 6.07) is 6.19. The molecule has 2 rings (SSSR count). The van der Waals surface area contributed by atoms with Crippen LogP contribution in [0.4, 0.5) is 0 Å². The summed E-state index contributed by atoms with van der Waals surface area (Å²) in [6.07, 6.45) is 5.29. The molecule has 0 fully saturated rings. The van der Waals surface area contributed by atoms with Crippen molar-refractivity contribution in [3.63, 3.8) is 0 Å². The summed E-state index contributed by atoms with van der Waals surface area (Å²) in [6.45, 7) is 3.81. The van der Waals surface area contributed by atoms with Gasteiger partial charge in [0.05, 0.1) is 31.3 Å². The van der Waals surface area contributed by atoms with Crippen LogP contribution in [0, 0.1) is 0 Å². The zero-order valence-corrected chi connectivity index (χ0v) is 10.3. The number of methoxy groups -OCH3 is 1. The molecule has 0 amide bonds. The SMILES string of the molecule is C=Cc1ccc(OC)cc1-c1cncn1CCl. The average molecular weight is 249 g/mol. The van der Waals surface area contributed by atoms with Gasteiger partial charge in [0.2, 0.25) is 0 Å². The zero-order chi connectivity index (χ0) is 12.3. The second-order valence-corrected chi connectivity index (χ2v) is 3.76. The summed E-state index contributed by atoms with van der Waals surface area (Å²) in [5.74, 6) is 0.799. The van der Waals surface area contributed by atoms with Gasteiger partial charge in [-0.15, -0.1) is 11.6 Å². The quantitative estimate of drug-likeness (QED) is 0.776. The number of hydrogen-bond acceptors (Lipinski definition) is 2. The van der Waals surface area contributed by atoms with Crippen LogP contribution in [0.5, 0.6) is 5.75 Å². The van der Waals surface area contributed by atoms with Gasteiger partial charge in [0.15, 0.2) is 0 Å². The fourth-order valence-corrected chi connectivity index (χ4v) is 1.89. The lowest BCUT2D eigenvalue weighted by atomic mass is 10.0. The predicted octanol–water partition coefficient (Wildman–Crippen LogP) is 3.40. The van der Waals surface area contributed by atoms with Crippen molar-refractivity contribution >= 4 is 17.7 Å². The second kappa shape index (κ2) is 5.06. The van der Waals surface area contributed by atoms with Gasteiger partial charge in [0.1, 0.15) is 5.75 Å². The zero-order valence-electron chi connectivity index (χ0n) is 9.56. The highest BCUT2D eigenvalue weighted by Crippen LogP contribution is 2.28. The smallest absolute Gasteiger partial charge is 0.119 e. The Morgan fingerprint density at radius 3 is 3.00 bits per heavy atom. The highest BCUT2D eigenvalue weighted by Gasteiger charge is 2.09. The van der Waals surface area contributed by atoms with E-state index in [9.17, 15) is 0 Å². The van der Waals surface area contributed by atoms with Gasteiger partial charge in [-0.1, -0.05) is 18.7 Å². The van der Waals surface area contributed by atoms with E-state index in [2.05, 4.69) is 11.6 Å². The van der Waals surface area contributed by atoms with Crippen LogP contribution in [0.25, 0.3) is 17.3 Å². The van der Waals surface area contributed by atoms with Crippen LogP contribution in [0.3, 0.4) is 0 Å². The maximum absolute atomic E-state index is 5.86. The number of hydrogen-bond donors (Lipinski definition) is 0. The van der Waals surface area contributed by atoms with Gasteiger partial charge < -0.3 is 9.30 Å². The van der Waals surface area contributed by atoms with Crippen molar-refractivity contribution in [2.24, 2.45) is 0 Å². The molecular formula is C13H13ClN2O. The first kappa shape index (κ1) is 11.7. The molecule has 0 bridgehead atoms. The van der Waals surface area contributed by atoms with E-state index in [4.69, 9.17) is 16.3 Å². The summed E-state index contributed by atoms with van der Waals surface area (Å²) >= 11 is 5.86. The van der Waals surface area contributed by atoms with E-state index in [-0.39, 0.29) is 0 Å². The maximum Gasteiger partial charge on any atom is 0.119 e. The van der Waals surface area contributed by atoms with E-state index in [1.807, 2.05) is 22.8 Å². The van der Waals surface area contributed by atoms with Crippen LogP contribution >= 0.6 is 11.6 Å². The highest BCUT2D eigenvalue weighted by atomic mass is 35.5. The molecule has 4 heteroatoms. The molecule has 0 spiro atoms. The minimum Gasteiger partial charge on any atom is -0.497 e. The molecule has 88 valence electrons. The molecular weight excluding hydrogens is 236 g/mol. The molecule has 1 heterocycles. The number of ether oxygens (including phenoxy) is 1. The third-order valence-electron chi connectivity index (χ3n) is 2.60. The molecule has 1 aromatic carbocycles. The van der Waals surface area contributed by atoms with Crippen molar-refractivity contribution in [3.8, 4) is 17.0 Å². The Labute approximate surface area is 105 Å². The van der Waals surface area contributed by atoms with E-state index in [0.717, 1.165) is 22.6 Å². The first-order chi connectivity index (χ1) is 8.30. The van der Waals surface area contributed by atoms with E-state index < -0.39 is 0 Å². The minimum atomic E-state index is 0.364. The number of halogens is 1. The number of aromatic nitrogens is 2. The summed E-state index contributed by atoms with van der Waals surface area (Å²) in [7, 11) is 1.64. The molecule has 2 aromatic rings. The lowest BCUT2D eigenvalue weighted by molar-refractivity contribution is 0.415. The fraction of sp³-hybridized carbons (Fsp3) is 0.154. The highest BCUT2D eigenvalue weighted by molar-refractivity contribution is 6.15. The van der Waals surface area contributed by atoms with Crippen molar-refractivity contribution in [2.45, 2.75) is 6.00 Å². The molecule has 0 N–H and O–H groups in total. The molecule has 0 saturated carbocycles.